The van der Waals surface area contributed by atoms with Gasteiger partial charge in [0.05, 0.1) is 11.4 Å². The molecule has 3 aromatic rings. The average Bonchev–Trinajstić information content (AvgIpc) is 3.01. The Bertz CT molecular complexity index is 1080. The second kappa shape index (κ2) is 7.36. The van der Waals surface area contributed by atoms with Crippen LogP contribution in [0.4, 0.5) is 21.5 Å². The topological polar surface area (TPSA) is 97.0 Å². The molecule has 8 heteroatoms. The van der Waals surface area contributed by atoms with E-state index >= 15 is 0 Å². The van der Waals surface area contributed by atoms with Crippen LogP contribution in [0.2, 0.25) is 0 Å². The van der Waals surface area contributed by atoms with Crippen LogP contribution >= 0.6 is 0 Å². The van der Waals surface area contributed by atoms with Gasteiger partial charge in [-0.25, -0.2) is 14.4 Å². The number of halogens is 1. The predicted molar refractivity (Wildman–Crippen MR) is 115 cm³/mol. The number of anilines is 2. The highest BCUT2D eigenvalue weighted by Gasteiger charge is 2.21. The Morgan fingerprint density at radius 2 is 1.93 bits per heavy atom. The van der Waals surface area contributed by atoms with Gasteiger partial charge < -0.3 is 26.1 Å². The first kappa shape index (κ1) is 19.2. The Morgan fingerprint density at radius 3 is 2.62 bits per heavy atom. The van der Waals surface area contributed by atoms with Gasteiger partial charge in [0, 0.05) is 60.6 Å². The molecule has 0 aliphatic carbocycles. The van der Waals surface area contributed by atoms with E-state index in [0.29, 0.717) is 29.0 Å². The lowest BCUT2D eigenvalue weighted by Crippen LogP contribution is -2.54. The molecule has 2 aromatic heterocycles. The minimum atomic E-state index is -0.447. The lowest BCUT2D eigenvalue weighted by molar-refractivity contribution is 0.407. The van der Waals surface area contributed by atoms with E-state index in [9.17, 15) is 4.39 Å². The monoisotopic (exact) mass is 395 g/mol. The van der Waals surface area contributed by atoms with Gasteiger partial charge in [-0.2, -0.15) is 0 Å². The maximum absolute atomic E-state index is 14.3. The summed E-state index contributed by atoms with van der Waals surface area (Å²) >= 11 is 0. The fourth-order valence-corrected chi connectivity index (χ4v) is 3.94. The highest BCUT2D eigenvalue weighted by Crippen LogP contribution is 2.25. The molecule has 29 heavy (non-hydrogen) atoms. The number of nitrogens with zero attached hydrogens (tertiary/aromatic N) is 4. The van der Waals surface area contributed by atoms with Gasteiger partial charge in [0.2, 0.25) is 0 Å². The molecule has 0 amide bonds. The van der Waals surface area contributed by atoms with E-state index < -0.39 is 5.82 Å². The molecule has 2 unspecified atom stereocenters. The standard InChI is InChI=1S/C21H26FN7/c1-12-8-28(9-13(2)25-12)16-4-5-17(19(23)7-16)20(24)27-15-6-18(22)21-26-14(3)10-29(21)11-15/h4-7,10-13,25H,8-9,23H2,1-3H3,(H2,24,27). The van der Waals surface area contributed by atoms with E-state index in [1.807, 2.05) is 25.1 Å². The minimum Gasteiger partial charge on any atom is -0.398 e. The van der Waals surface area contributed by atoms with E-state index in [4.69, 9.17) is 11.5 Å². The SMILES string of the molecule is Cc1cn2cc(N=C(N)c3ccc(N4CC(C)NC(C)C4)cc3N)cc(F)c2n1. The van der Waals surface area contributed by atoms with Crippen molar-refractivity contribution >= 4 is 28.5 Å². The van der Waals surface area contributed by atoms with Crippen molar-refractivity contribution in [1.82, 2.24) is 14.7 Å². The molecule has 0 radical (unpaired) electrons. The zero-order chi connectivity index (χ0) is 20.7. The van der Waals surface area contributed by atoms with E-state index in [2.05, 4.69) is 34.0 Å². The number of benzene rings is 1. The molecule has 7 nitrogen and oxygen atoms in total. The number of hydrogen-bond acceptors (Lipinski definition) is 5. The van der Waals surface area contributed by atoms with Crippen LogP contribution in [0.25, 0.3) is 5.65 Å². The summed E-state index contributed by atoms with van der Waals surface area (Å²) in [7, 11) is 0. The molecule has 152 valence electrons. The number of piperazine rings is 1. The lowest BCUT2D eigenvalue weighted by atomic mass is 10.1. The van der Waals surface area contributed by atoms with Crippen LogP contribution in [-0.2, 0) is 0 Å². The summed E-state index contributed by atoms with van der Waals surface area (Å²) < 4.78 is 15.9. The number of imidazole rings is 1. The van der Waals surface area contributed by atoms with Crippen molar-refractivity contribution in [3.05, 3.63) is 53.7 Å². The third-order valence-electron chi connectivity index (χ3n) is 5.10. The smallest absolute Gasteiger partial charge is 0.173 e. The zero-order valence-corrected chi connectivity index (χ0v) is 16.9. The summed E-state index contributed by atoms with van der Waals surface area (Å²) in [6.45, 7) is 7.98. The molecule has 1 aromatic carbocycles. The fourth-order valence-electron chi connectivity index (χ4n) is 3.94. The normalized spacial score (nSPS) is 20.4. The molecule has 1 aliphatic heterocycles. The number of aryl methyl sites for hydroxylation is 1. The van der Waals surface area contributed by atoms with Crippen LogP contribution in [0.3, 0.4) is 0 Å². The van der Waals surface area contributed by atoms with Crippen LogP contribution in [0.5, 0.6) is 0 Å². The Kier molecular flexibility index (Phi) is 4.87. The van der Waals surface area contributed by atoms with E-state index in [-0.39, 0.29) is 11.5 Å². The lowest BCUT2D eigenvalue weighted by Gasteiger charge is -2.37. The Morgan fingerprint density at radius 1 is 1.21 bits per heavy atom. The van der Waals surface area contributed by atoms with Gasteiger partial charge in [0.25, 0.3) is 0 Å². The quantitative estimate of drug-likeness (QED) is 0.360. The zero-order valence-electron chi connectivity index (χ0n) is 16.9. The van der Waals surface area contributed by atoms with Gasteiger partial charge in [-0.15, -0.1) is 0 Å². The molecule has 1 fully saturated rings. The Balaban J connectivity index is 1.62. The molecule has 0 spiro atoms. The van der Waals surface area contributed by atoms with Crippen molar-refractivity contribution in [1.29, 1.82) is 0 Å². The predicted octanol–water partition coefficient (Wildman–Crippen LogP) is 2.59. The summed E-state index contributed by atoms with van der Waals surface area (Å²) in [5.74, 6) is -0.205. The highest BCUT2D eigenvalue weighted by atomic mass is 19.1. The van der Waals surface area contributed by atoms with E-state index in [0.717, 1.165) is 24.5 Å². The van der Waals surface area contributed by atoms with Gasteiger partial charge in [-0.1, -0.05) is 0 Å². The Hall–Kier alpha value is -3.13. The molecule has 3 heterocycles. The van der Waals surface area contributed by atoms with E-state index in [1.165, 1.54) is 6.07 Å². The molecule has 4 rings (SSSR count). The van der Waals surface area contributed by atoms with Crippen molar-refractivity contribution < 1.29 is 4.39 Å². The second-order valence-electron chi connectivity index (χ2n) is 7.80. The van der Waals surface area contributed by atoms with Crippen LogP contribution < -0.4 is 21.7 Å². The summed E-state index contributed by atoms with van der Waals surface area (Å²) in [4.78, 5) is 10.8. The maximum atomic E-state index is 14.3. The van der Waals surface area contributed by atoms with Crippen molar-refractivity contribution in [2.45, 2.75) is 32.9 Å². The van der Waals surface area contributed by atoms with Gasteiger partial charge in [0.15, 0.2) is 11.5 Å². The summed E-state index contributed by atoms with van der Waals surface area (Å²) in [6.07, 6.45) is 3.44. The number of rotatable bonds is 3. The first-order valence-corrected chi connectivity index (χ1v) is 9.70. The van der Waals surface area contributed by atoms with Crippen LogP contribution in [0, 0.1) is 12.7 Å². The minimum absolute atomic E-state index is 0.242. The number of pyridine rings is 1. The summed E-state index contributed by atoms with van der Waals surface area (Å²) in [5.41, 5.74) is 16.1. The van der Waals surface area contributed by atoms with Gasteiger partial charge in [0.1, 0.15) is 5.84 Å². The number of nitrogens with two attached hydrogens (primary N) is 2. The summed E-state index contributed by atoms with van der Waals surface area (Å²) in [5, 5.41) is 3.52. The Labute approximate surface area is 169 Å². The third kappa shape index (κ3) is 3.88. The first-order valence-electron chi connectivity index (χ1n) is 9.70. The van der Waals surface area contributed by atoms with Gasteiger partial charge in [-0.05, 0) is 39.0 Å². The number of aromatic nitrogens is 2. The number of nitrogen functional groups attached to an aromatic ring is 1. The molecule has 1 saturated heterocycles. The van der Waals surface area contributed by atoms with E-state index in [1.54, 1.807) is 16.8 Å². The molecule has 5 N–H and O–H groups in total. The van der Waals surface area contributed by atoms with Crippen molar-refractivity contribution in [2.75, 3.05) is 23.7 Å². The van der Waals surface area contributed by atoms with Gasteiger partial charge >= 0.3 is 0 Å². The van der Waals surface area contributed by atoms with Crippen LogP contribution in [0.1, 0.15) is 25.1 Å². The molecule has 2 atom stereocenters. The fraction of sp³-hybridized carbons (Fsp3) is 0.333. The van der Waals surface area contributed by atoms with Crippen LogP contribution in [0.15, 0.2) is 41.7 Å². The molecule has 0 saturated carbocycles. The number of fused-ring (bicyclic) bond motifs is 1. The van der Waals surface area contributed by atoms with Gasteiger partial charge in [-0.3, -0.25) is 0 Å². The first-order chi connectivity index (χ1) is 13.8. The molecular weight excluding hydrogens is 369 g/mol. The number of amidine groups is 1. The molecule has 1 aliphatic rings. The van der Waals surface area contributed by atoms with Crippen molar-refractivity contribution in [3.8, 4) is 0 Å². The average molecular weight is 395 g/mol. The van der Waals surface area contributed by atoms with Crippen LogP contribution in [-0.4, -0.2) is 40.4 Å². The highest BCUT2D eigenvalue weighted by molar-refractivity contribution is 6.03. The largest absolute Gasteiger partial charge is 0.398 e. The number of nitrogens with one attached hydrogen (secondary N) is 1. The summed E-state index contributed by atoms with van der Waals surface area (Å²) in [6, 6.07) is 7.93. The second-order valence-corrected chi connectivity index (χ2v) is 7.80. The number of aliphatic imine (C=N–C) groups is 1. The molecule has 0 bridgehead atoms. The number of hydrogen-bond donors (Lipinski definition) is 3. The van der Waals surface area contributed by atoms with Crippen molar-refractivity contribution in [2.24, 2.45) is 10.7 Å². The maximum Gasteiger partial charge on any atom is 0.173 e. The molecular formula is C21H26FN7. The van der Waals surface area contributed by atoms with Crippen molar-refractivity contribution in [3.63, 3.8) is 0 Å². The third-order valence-corrected chi connectivity index (χ3v) is 5.10.